The second-order valence-corrected chi connectivity index (χ2v) is 6.33. The lowest BCUT2D eigenvalue weighted by atomic mass is 10.1. The molecule has 22 heavy (non-hydrogen) atoms. The molecule has 112 valence electrons. The summed E-state index contributed by atoms with van der Waals surface area (Å²) >= 11 is 0. The Balaban J connectivity index is 1.46. The molecule has 0 radical (unpaired) electrons. The van der Waals surface area contributed by atoms with Gasteiger partial charge >= 0.3 is 0 Å². The van der Waals surface area contributed by atoms with Crippen molar-refractivity contribution < 1.29 is 4.79 Å². The molecule has 2 aromatic rings. The molecule has 1 heterocycles. The highest BCUT2D eigenvalue weighted by atomic mass is 16.2. The Morgan fingerprint density at radius 1 is 1.18 bits per heavy atom. The van der Waals surface area contributed by atoms with Gasteiger partial charge < -0.3 is 5.32 Å². The first-order valence-corrected chi connectivity index (χ1v) is 7.92. The maximum absolute atomic E-state index is 12.5. The topological polar surface area (TPSA) is 54.9 Å². The van der Waals surface area contributed by atoms with Gasteiger partial charge in [-0.3, -0.25) is 4.79 Å². The van der Waals surface area contributed by atoms with Crippen molar-refractivity contribution in [3.05, 3.63) is 58.7 Å². The normalized spacial score (nSPS) is 22.2. The maximum atomic E-state index is 12.5. The van der Waals surface area contributed by atoms with Gasteiger partial charge in [0.05, 0.1) is 0 Å². The number of carbonyl (C=O) groups excluding carboxylic acids is 1. The molecule has 2 aliphatic rings. The van der Waals surface area contributed by atoms with E-state index < -0.39 is 0 Å². The molecule has 4 nitrogen and oxygen atoms in total. The van der Waals surface area contributed by atoms with Crippen LogP contribution in [-0.2, 0) is 12.8 Å². The van der Waals surface area contributed by atoms with Crippen molar-refractivity contribution in [2.24, 2.45) is 0 Å². The molecule has 1 saturated carbocycles. The zero-order valence-corrected chi connectivity index (χ0v) is 12.7. The van der Waals surface area contributed by atoms with Crippen molar-refractivity contribution in [2.45, 2.75) is 44.6 Å². The smallest absolute Gasteiger partial charge is 0.270 e. The van der Waals surface area contributed by atoms with E-state index in [4.69, 9.17) is 0 Å². The summed E-state index contributed by atoms with van der Waals surface area (Å²) in [6.07, 6.45) is 5.49. The second-order valence-electron chi connectivity index (χ2n) is 6.33. The minimum Gasteiger partial charge on any atom is -0.347 e. The lowest BCUT2D eigenvalue weighted by molar-refractivity contribution is 0.0944. The Bertz CT molecular complexity index is 724. The molecule has 0 saturated heterocycles. The predicted octanol–water partition coefficient (Wildman–Crippen LogP) is 2.56. The van der Waals surface area contributed by atoms with Crippen molar-refractivity contribution in [2.75, 3.05) is 0 Å². The highest BCUT2D eigenvalue weighted by molar-refractivity contribution is 5.94. The van der Waals surface area contributed by atoms with E-state index in [9.17, 15) is 4.79 Å². The minimum absolute atomic E-state index is 0.0415. The number of nitrogens with zero attached hydrogens (tertiary/aromatic N) is 2. The molecule has 2 atom stereocenters. The van der Waals surface area contributed by atoms with E-state index in [1.807, 2.05) is 0 Å². The van der Waals surface area contributed by atoms with Crippen molar-refractivity contribution in [1.29, 1.82) is 0 Å². The van der Waals surface area contributed by atoms with E-state index in [-0.39, 0.29) is 11.9 Å². The van der Waals surface area contributed by atoms with Gasteiger partial charge in [0.2, 0.25) is 0 Å². The van der Waals surface area contributed by atoms with Crippen LogP contribution in [0.1, 0.15) is 51.6 Å². The molecule has 0 aliphatic heterocycles. The van der Waals surface area contributed by atoms with Crippen molar-refractivity contribution in [3.8, 4) is 0 Å². The van der Waals surface area contributed by atoms with Crippen molar-refractivity contribution in [3.63, 3.8) is 0 Å². The van der Waals surface area contributed by atoms with Crippen molar-refractivity contribution >= 4 is 5.91 Å². The molecule has 1 aromatic carbocycles. The third-order valence-corrected chi connectivity index (χ3v) is 4.70. The number of hydrogen-bond acceptors (Lipinski definition) is 3. The fraction of sp³-hybridized carbons (Fsp3) is 0.389. The summed E-state index contributed by atoms with van der Waals surface area (Å²) in [6.45, 7) is 2.09. The largest absolute Gasteiger partial charge is 0.347 e. The first-order chi connectivity index (χ1) is 10.7. The van der Waals surface area contributed by atoms with Crippen LogP contribution in [0.25, 0.3) is 0 Å². The number of benzene rings is 1. The standard InChI is InChI=1S/C18H19N3O/c1-11-5-7-12(8-6-11)14-9-16(14)21-18(22)17-13-3-2-4-15(13)19-10-20-17/h5-8,10,14,16H,2-4,9H2,1H3,(H,21,22)/t14-,16+/m0/s1. The zero-order chi connectivity index (χ0) is 15.1. The zero-order valence-electron chi connectivity index (χ0n) is 12.7. The number of aryl methyl sites for hydroxylation is 2. The summed E-state index contributed by atoms with van der Waals surface area (Å²) in [5.74, 6) is 0.402. The number of rotatable bonds is 3. The molecule has 0 bridgehead atoms. The first-order valence-electron chi connectivity index (χ1n) is 7.92. The number of aromatic nitrogens is 2. The Hall–Kier alpha value is -2.23. The maximum Gasteiger partial charge on any atom is 0.270 e. The Kier molecular flexibility index (Phi) is 3.17. The molecule has 1 amide bonds. The summed E-state index contributed by atoms with van der Waals surface area (Å²) in [5.41, 5.74) is 5.25. The SMILES string of the molecule is Cc1ccc([C@@H]2C[C@H]2NC(=O)c2ncnc3c2CCC3)cc1. The van der Waals surface area contributed by atoms with Gasteiger partial charge in [0.15, 0.2) is 0 Å². The van der Waals surface area contributed by atoms with Crippen LogP contribution in [0.4, 0.5) is 0 Å². The molecule has 0 spiro atoms. The van der Waals surface area contributed by atoms with Gasteiger partial charge in [-0.15, -0.1) is 0 Å². The number of hydrogen-bond donors (Lipinski definition) is 1. The number of carbonyl (C=O) groups is 1. The van der Waals surface area contributed by atoms with E-state index >= 15 is 0 Å². The number of nitrogens with one attached hydrogen (secondary N) is 1. The van der Waals surface area contributed by atoms with Crippen LogP contribution < -0.4 is 5.32 Å². The van der Waals surface area contributed by atoms with Crippen LogP contribution in [0.2, 0.25) is 0 Å². The molecule has 1 N–H and O–H groups in total. The van der Waals surface area contributed by atoms with Crippen LogP contribution in [-0.4, -0.2) is 21.9 Å². The van der Waals surface area contributed by atoms with Crippen LogP contribution in [0.5, 0.6) is 0 Å². The Morgan fingerprint density at radius 2 is 2.00 bits per heavy atom. The average Bonchev–Trinajstić information content (AvgIpc) is 3.11. The fourth-order valence-corrected chi connectivity index (χ4v) is 3.33. The van der Waals surface area contributed by atoms with Crippen LogP contribution in [0, 0.1) is 6.92 Å². The van der Waals surface area contributed by atoms with E-state index in [1.165, 1.54) is 17.5 Å². The van der Waals surface area contributed by atoms with Crippen LogP contribution in [0.15, 0.2) is 30.6 Å². The molecule has 4 heteroatoms. The average molecular weight is 293 g/mol. The minimum atomic E-state index is -0.0415. The van der Waals surface area contributed by atoms with Gasteiger partial charge in [0, 0.05) is 23.2 Å². The lowest BCUT2D eigenvalue weighted by Gasteiger charge is -2.08. The van der Waals surface area contributed by atoms with E-state index in [2.05, 4.69) is 46.5 Å². The van der Waals surface area contributed by atoms with Gasteiger partial charge in [0.1, 0.15) is 12.0 Å². The Labute approximate surface area is 130 Å². The van der Waals surface area contributed by atoms with Crippen LogP contribution in [0.3, 0.4) is 0 Å². The monoisotopic (exact) mass is 293 g/mol. The summed E-state index contributed by atoms with van der Waals surface area (Å²) in [7, 11) is 0. The van der Waals surface area contributed by atoms with Gasteiger partial charge in [-0.25, -0.2) is 9.97 Å². The molecular formula is C18H19N3O. The third-order valence-electron chi connectivity index (χ3n) is 4.70. The fourth-order valence-electron chi connectivity index (χ4n) is 3.33. The number of fused-ring (bicyclic) bond motifs is 1. The van der Waals surface area contributed by atoms with Crippen LogP contribution >= 0.6 is 0 Å². The summed E-state index contributed by atoms with van der Waals surface area (Å²) in [6, 6.07) is 8.82. The summed E-state index contributed by atoms with van der Waals surface area (Å²) < 4.78 is 0. The van der Waals surface area contributed by atoms with E-state index in [0.717, 1.165) is 36.9 Å². The highest BCUT2D eigenvalue weighted by Crippen LogP contribution is 2.41. The molecule has 1 fully saturated rings. The summed E-state index contributed by atoms with van der Waals surface area (Å²) in [5, 5.41) is 3.13. The first kappa shape index (κ1) is 13.4. The van der Waals surface area contributed by atoms with Gasteiger partial charge in [-0.2, -0.15) is 0 Å². The molecule has 1 aromatic heterocycles. The molecular weight excluding hydrogens is 274 g/mol. The molecule has 4 rings (SSSR count). The van der Waals surface area contributed by atoms with Gasteiger partial charge in [-0.1, -0.05) is 29.8 Å². The van der Waals surface area contributed by atoms with Gasteiger partial charge in [0.25, 0.3) is 5.91 Å². The van der Waals surface area contributed by atoms with Crippen molar-refractivity contribution in [1.82, 2.24) is 15.3 Å². The molecule has 0 unspecified atom stereocenters. The van der Waals surface area contributed by atoms with E-state index in [0.29, 0.717) is 11.6 Å². The highest BCUT2D eigenvalue weighted by Gasteiger charge is 2.40. The second kappa shape index (κ2) is 5.20. The predicted molar refractivity (Wildman–Crippen MR) is 83.8 cm³/mol. The van der Waals surface area contributed by atoms with Gasteiger partial charge in [-0.05, 0) is 38.2 Å². The Morgan fingerprint density at radius 3 is 2.82 bits per heavy atom. The third kappa shape index (κ3) is 2.39. The van der Waals surface area contributed by atoms with E-state index in [1.54, 1.807) is 0 Å². The quantitative estimate of drug-likeness (QED) is 0.946. The molecule has 2 aliphatic carbocycles. The summed E-state index contributed by atoms with van der Waals surface area (Å²) in [4.78, 5) is 21.0. The number of amides is 1. The lowest BCUT2D eigenvalue weighted by Crippen LogP contribution is -2.28.